The van der Waals surface area contributed by atoms with Crippen LogP contribution >= 0.6 is 0 Å². The van der Waals surface area contributed by atoms with Gasteiger partial charge in [0.1, 0.15) is 6.61 Å². The van der Waals surface area contributed by atoms with Crippen molar-refractivity contribution in [1.82, 2.24) is 5.32 Å². The van der Waals surface area contributed by atoms with Crippen LogP contribution in [0.5, 0.6) is 0 Å². The molecule has 1 aromatic rings. The van der Waals surface area contributed by atoms with E-state index in [0.29, 0.717) is 12.3 Å². The van der Waals surface area contributed by atoms with Crippen LogP contribution in [-0.4, -0.2) is 25.9 Å². The van der Waals surface area contributed by atoms with Crippen LogP contribution in [0.1, 0.15) is 30.5 Å². The van der Waals surface area contributed by atoms with Gasteiger partial charge in [-0.15, -0.1) is 0 Å². The molecule has 0 spiro atoms. The second-order valence-electron chi connectivity index (χ2n) is 5.15. The van der Waals surface area contributed by atoms with Crippen molar-refractivity contribution in [2.75, 3.05) is 19.8 Å². The minimum absolute atomic E-state index is 0.153. The molecule has 20 heavy (non-hydrogen) atoms. The van der Waals surface area contributed by atoms with E-state index in [1.165, 1.54) is 11.1 Å². The van der Waals surface area contributed by atoms with Gasteiger partial charge in [-0.2, -0.15) is 13.2 Å². The molecule has 2 nitrogen and oxygen atoms in total. The van der Waals surface area contributed by atoms with E-state index in [-0.39, 0.29) is 12.6 Å². The van der Waals surface area contributed by atoms with Crippen LogP contribution in [0.25, 0.3) is 0 Å². The molecule has 0 aliphatic heterocycles. The first-order valence-corrected chi connectivity index (χ1v) is 6.97. The number of benzene rings is 1. The first kappa shape index (κ1) is 15.3. The maximum absolute atomic E-state index is 12.0. The molecule has 0 radical (unpaired) electrons. The topological polar surface area (TPSA) is 21.3 Å². The average molecular weight is 287 g/mol. The number of hydrogen-bond donors (Lipinski definition) is 1. The summed E-state index contributed by atoms with van der Waals surface area (Å²) in [5.74, 6) is 0.306. The second-order valence-corrected chi connectivity index (χ2v) is 5.15. The van der Waals surface area contributed by atoms with Gasteiger partial charge in [-0.25, -0.2) is 0 Å². The van der Waals surface area contributed by atoms with Crippen molar-refractivity contribution in [2.24, 2.45) is 5.92 Å². The average Bonchev–Trinajstić information content (AvgIpc) is 2.73. The van der Waals surface area contributed by atoms with Gasteiger partial charge in [-0.1, -0.05) is 31.2 Å². The van der Waals surface area contributed by atoms with Crippen molar-refractivity contribution in [3.63, 3.8) is 0 Å². The third-order valence-electron chi connectivity index (χ3n) is 3.67. The van der Waals surface area contributed by atoms with Gasteiger partial charge in [0.05, 0.1) is 0 Å². The number of hydrogen-bond acceptors (Lipinski definition) is 2. The minimum atomic E-state index is -4.24. The zero-order chi connectivity index (χ0) is 14.6. The summed E-state index contributed by atoms with van der Waals surface area (Å²) in [6.45, 7) is 1.88. The van der Waals surface area contributed by atoms with E-state index in [1.807, 2.05) is 19.1 Å². The fourth-order valence-corrected chi connectivity index (χ4v) is 2.87. The van der Waals surface area contributed by atoms with Crippen LogP contribution in [0.4, 0.5) is 13.2 Å². The molecule has 1 aliphatic rings. The predicted molar refractivity (Wildman–Crippen MR) is 71.5 cm³/mol. The van der Waals surface area contributed by atoms with Gasteiger partial charge in [-0.05, 0) is 36.4 Å². The monoisotopic (exact) mass is 287 g/mol. The summed E-state index contributed by atoms with van der Waals surface area (Å²) in [5, 5.41) is 3.43. The Morgan fingerprint density at radius 1 is 1.30 bits per heavy atom. The van der Waals surface area contributed by atoms with E-state index in [2.05, 4.69) is 17.4 Å². The molecule has 0 saturated carbocycles. The molecule has 0 bridgehead atoms. The van der Waals surface area contributed by atoms with E-state index in [1.54, 1.807) is 0 Å². The van der Waals surface area contributed by atoms with Crippen LogP contribution < -0.4 is 5.32 Å². The molecule has 0 saturated heterocycles. The largest absolute Gasteiger partial charge is 0.411 e. The van der Waals surface area contributed by atoms with E-state index in [9.17, 15) is 13.2 Å². The first-order valence-electron chi connectivity index (χ1n) is 6.97. The van der Waals surface area contributed by atoms with Crippen molar-refractivity contribution in [1.29, 1.82) is 0 Å². The zero-order valence-corrected chi connectivity index (χ0v) is 11.5. The highest BCUT2D eigenvalue weighted by Gasteiger charge is 2.32. The van der Waals surface area contributed by atoms with Crippen LogP contribution in [0.15, 0.2) is 24.3 Å². The molecule has 1 aliphatic carbocycles. The third-order valence-corrected chi connectivity index (χ3v) is 3.67. The highest BCUT2D eigenvalue weighted by molar-refractivity contribution is 5.35. The van der Waals surface area contributed by atoms with Crippen molar-refractivity contribution >= 4 is 0 Å². The fraction of sp³-hybridized carbons (Fsp3) is 0.600. The standard InChI is InChI=1S/C15H20F3NO/c1-2-19-14-12(7-8-20-10-15(16,17)18)9-11-5-3-4-6-13(11)14/h3-6,12,14,19H,2,7-10H2,1H3. The Balaban J connectivity index is 1.89. The van der Waals surface area contributed by atoms with Gasteiger partial charge in [0, 0.05) is 12.6 Å². The summed E-state index contributed by atoms with van der Waals surface area (Å²) in [5.41, 5.74) is 2.56. The summed E-state index contributed by atoms with van der Waals surface area (Å²) in [6, 6.07) is 8.43. The Hall–Kier alpha value is -1.07. The summed E-state index contributed by atoms with van der Waals surface area (Å²) >= 11 is 0. The molecule has 5 heteroatoms. The lowest BCUT2D eigenvalue weighted by Crippen LogP contribution is -2.26. The highest BCUT2D eigenvalue weighted by atomic mass is 19.4. The van der Waals surface area contributed by atoms with Gasteiger partial charge in [0.25, 0.3) is 0 Å². The van der Waals surface area contributed by atoms with Gasteiger partial charge in [-0.3, -0.25) is 0 Å². The van der Waals surface area contributed by atoms with Crippen LogP contribution in [0.2, 0.25) is 0 Å². The van der Waals surface area contributed by atoms with Gasteiger partial charge >= 0.3 is 6.18 Å². The van der Waals surface area contributed by atoms with E-state index in [4.69, 9.17) is 4.74 Å². The highest BCUT2D eigenvalue weighted by Crippen LogP contribution is 2.37. The lowest BCUT2D eigenvalue weighted by atomic mass is 9.97. The maximum atomic E-state index is 12.0. The minimum Gasteiger partial charge on any atom is -0.372 e. The third kappa shape index (κ3) is 3.96. The normalized spacial score (nSPS) is 22.0. The van der Waals surface area contributed by atoms with E-state index >= 15 is 0 Å². The van der Waals surface area contributed by atoms with Crippen molar-refractivity contribution in [3.8, 4) is 0 Å². The van der Waals surface area contributed by atoms with E-state index in [0.717, 1.165) is 13.0 Å². The van der Waals surface area contributed by atoms with Crippen LogP contribution in [-0.2, 0) is 11.2 Å². The fourth-order valence-electron chi connectivity index (χ4n) is 2.87. The molecule has 2 rings (SSSR count). The molecule has 0 aromatic heterocycles. The molecule has 2 unspecified atom stereocenters. The SMILES string of the molecule is CCNC1c2ccccc2CC1CCOCC(F)(F)F. The Labute approximate surface area is 117 Å². The van der Waals surface area contributed by atoms with Crippen molar-refractivity contribution in [3.05, 3.63) is 35.4 Å². The van der Waals surface area contributed by atoms with Crippen molar-refractivity contribution in [2.45, 2.75) is 32.0 Å². The van der Waals surface area contributed by atoms with Gasteiger partial charge in [0.2, 0.25) is 0 Å². The Kier molecular flexibility index (Phi) is 5.05. The summed E-state index contributed by atoms with van der Waals surface area (Å²) in [4.78, 5) is 0. The lowest BCUT2D eigenvalue weighted by Gasteiger charge is -2.21. The number of rotatable bonds is 6. The van der Waals surface area contributed by atoms with Gasteiger partial charge < -0.3 is 10.1 Å². The smallest absolute Gasteiger partial charge is 0.372 e. The number of ether oxygens (including phenoxy) is 1. The number of alkyl halides is 3. The molecule has 1 aromatic carbocycles. The molecular formula is C15H20F3NO. The Morgan fingerprint density at radius 2 is 2.05 bits per heavy atom. The molecule has 1 N–H and O–H groups in total. The van der Waals surface area contributed by atoms with E-state index < -0.39 is 12.8 Å². The number of nitrogens with one attached hydrogen (secondary N) is 1. The molecular weight excluding hydrogens is 267 g/mol. The van der Waals surface area contributed by atoms with Crippen molar-refractivity contribution < 1.29 is 17.9 Å². The molecule has 0 heterocycles. The van der Waals surface area contributed by atoms with Crippen LogP contribution in [0, 0.1) is 5.92 Å². The molecule has 0 fully saturated rings. The number of halogens is 3. The summed E-state index contributed by atoms with van der Waals surface area (Å²) < 4.78 is 40.8. The molecule has 112 valence electrons. The summed E-state index contributed by atoms with van der Waals surface area (Å²) in [7, 11) is 0. The van der Waals surface area contributed by atoms with Gasteiger partial charge in [0.15, 0.2) is 0 Å². The van der Waals surface area contributed by atoms with Crippen LogP contribution in [0.3, 0.4) is 0 Å². The summed E-state index contributed by atoms with van der Waals surface area (Å²) in [6.07, 6.45) is -2.69. The number of fused-ring (bicyclic) bond motifs is 1. The lowest BCUT2D eigenvalue weighted by molar-refractivity contribution is -0.174. The Bertz CT molecular complexity index is 433. The Morgan fingerprint density at radius 3 is 2.75 bits per heavy atom. The maximum Gasteiger partial charge on any atom is 0.411 e. The predicted octanol–water partition coefficient (Wildman–Crippen LogP) is 3.48. The second kappa shape index (κ2) is 6.59. The molecule has 2 atom stereocenters. The quantitative estimate of drug-likeness (QED) is 0.809. The zero-order valence-electron chi connectivity index (χ0n) is 11.5. The first-order chi connectivity index (χ1) is 9.51. The molecule has 0 amide bonds.